The molecular weight excluding hydrogens is 388 g/mol. The minimum absolute atomic E-state index is 0.165. The Morgan fingerprint density at radius 3 is 2.58 bits per heavy atom. The molecule has 2 heterocycles. The number of amides is 4. The van der Waals surface area contributed by atoms with Gasteiger partial charge in [-0.2, -0.15) is 0 Å². The van der Waals surface area contributed by atoms with Crippen LogP contribution >= 0.6 is 11.3 Å². The number of aromatic nitrogens is 1. The largest absolute Gasteiger partial charge is 0.398 e. The molecule has 26 heavy (non-hydrogen) atoms. The molecule has 142 valence electrons. The van der Waals surface area contributed by atoms with Crippen LogP contribution in [0.4, 0.5) is 9.93 Å². The fourth-order valence-corrected chi connectivity index (χ4v) is 3.16. The number of hydrogen-bond donors (Lipinski definition) is 3. The Bertz CT molecular complexity index is 879. The molecule has 1 aromatic rings. The Hall–Kier alpha value is -2.74. The molecule has 0 bridgehead atoms. The van der Waals surface area contributed by atoms with Crippen molar-refractivity contribution in [3.8, 4) is 0 Å². The van der Waals surface area contributed by atoms with Gasteiger partial charge in [0, 0.05) is 5.38 Å². The van der Waals surface area contributed by atoms with Gasteiger partial charge in [0.15, 0.2) is 10.8 Å². The number of carbonyl (C=O) groups excluding carboxylic acids is 3. The highest BCUT2D eigenvalue weighted by Gasteiger charge is 2.49. The SMILES string of the molecule is CON=C(C(=O)N[C@@H]1C(=O)N(C(=O)NS(C)(=O)=O)[C@H]1C)c1csc(N)n1. The van der Waals surface area contributed by atoms with Crippen LogP contribution in [-0.2, 0) is 24.4 Å². The maximum absolute atomic E-state index is 12.4. The molecule has 0 radical (unpaired) electrons. The monoisotopic (exact) mass is 404 g/mol. The summed E-state index contributed by atoms with van der Waals surface area (Å²) >= 11 is 1.09. The molecule has 1 aromatic heterocycles. The van der Waals surface area contributed by atoms with Gasteiger partial charge in [0.25, 0.3) is 11.8 Å². The summed E-state index contributed by atoms with van der Waals surface area (Å²) < 4.78 is 23.9. The summed E-state index contributed by atoms with van der Waals surface area (Å²) in [6.45, 7) is 1.47. The van der Waals surface area contributed by atoms with Crippen LogP contribution in [0, 0.1) is 0 Å². The Morgan fingerprint density at radius 1 is 1.46 bits per heavy atom. The number of urea groups is 1. The Kier molecular flexibility index (Phi) is 5.46. The van der Waals surface area contributed by atoms with Crippen molar-refractivity contribution in [3.05, 3.63) is 11.1 Å². The molecule has 2 rings (SSSR count). The standard InChI is InChI=1S/C12H16N6O6S2/c1-5-7(10(20)18(5)12(21)17-26(3,22)23)15-9(19)8(16-24-2)6-4-25-11(13)14-6/h4-5,7H,1-3H3,(H2,13,14)(H,15,19)(H,17,21)/t5-,7-/m0/s1. The average molecular weight is 404 g/mol. The summed E-state index contributed by atoms with van der Waals surface area (Å²) in [4.78, 5) is 45.5. The highest BCUT2D eigenvalue weighted by Crippen LogP contribution is 2.20. The highest BCUT2D eigenvalue weighted by molar-refractivity contribution is 7.89. The van der Waals surface area contributed by atoms with Gasteiger partial charge in [-0.3, -0.25) is 14.5 Å². The minimum atomic E-state index is -3.82. The van der Waals surface area contributed by atoms with Crippen LogP contribution in [0.25, 0.3) is 0 Å². The molecule has 0 aromatic carbocycles. The average Bonchev–Trinajstić information content (AvgIpc) is 2.94. The zero-order valence-corrected chi connectivity index (χ0v) is 15.6. The molecule has 0 aliphatic carbocycles. The number of thiazole rings is 1. The number of nitrogens with two attached hydrogens (primary N) is 1. The molecule has 1 aliphatic rings. The number of sulfonamides is 1. The summed E-state index contributed by atoms with van der Waals surface area (Å²) in [5, 5.41) is 7.70. The van der Waals surface area contributed by atoms with E-state index in [9.17, 15) is 22.8 Å². The lowest BCUT2D eigenvalue weighted by Gasteiger charge is -2.43. The Labute approximate surface area is 152 Å². The summed E-state index contributed by atoms with van der Waals surface area (Å²) in [6.07, 6.45) is 0.784. The van der Waals surface area contributed by atoms with Gasteiger partial charge in [-0.15, -0.1) is 11.3 Å². The van der Waals surface area contributed by atoms with E-state index < -0.39 is 40.0 Å². The van der Waals surface area contributed by atoms with E-state index in [1.165, 1.54) is 19.4 Å². The van der Waals surface area contributed by atoms with E-state index in [0.717, 1.165) is 17.6 Å². The number of β-lactam (4-membered cyclic amide) rings is 1. The van der Waals surface area contributed by atoms with Crippen LogP contribution in [-0.4, -0.2) is 67.3 Å². The second kappa shape index (κ2) is 7.25. The molecule has 12 nitrogen and oxygen atoms in total. The number of anilines is 1. The zero-order valence-electron chi connectivity index (χ0n) is 13.9. The van der Waals surface area contributed by atoms with Crippen LogP contribution in [0.3, 0.4) is 0 Å². The van der Waals surface area contributed by atoms with Gasteiger partial charge in [0.05, 0.1) is 12.3 Å². The lowest BCUT2D eigenvalue weighted by atomic mass is 9.97. The van der Waals surface area contributed by atoms with Gasteiger partial charge in [-0.05, 0) is 6.92 Å². The molecular formula is C12H16N6O6S2. The van der Waals surface area contributed by atoms with E-state index in [2.05, 4.69) is 20.3 Å². The molecule has 0 spiro atoms. The predicted octanol–water partition coefficient (Wildman–Crippen LogP) is -1.54. The maximum atomic E-state index is 12.4. The van der Waals surface area contributed by atoms with Gasteiger partial charge < -0.3 is 15.9 Å². The topological polar surface area (TPSA) is 173 Å². The second-order valence-electron chi connectivity index (χ2n) is 5.27. The summed E-state index contributed by atoms with van der Waals surface area (Å²) in [7, 11) is -2.59. The van der Waals surface area contributed by atoms with Crippen molar-refractivity contribution in [1.82, 2.24) is 19.9 Å². The molecule has 4 amide bonds. The number of rotatable bonds is 5. The van der Waals surface area contributed by atoms with Crippen molar-refractivity contribution in [2.45, 2.75) is 19.0 Å². The number of carbonyl (C=O) groups is 3. The first-order valence-electron chi connectivity index (χ1n) is 7.03. The summed E-state index contributed by atoms with van der Waals surface area (Å²) in [5.74, 6) is -1.52. The second-order valence-corrected chi connectivity index (χ2v) is 7.91. The Balaban J connectivity index is 2.09. The van der Waals surface area contributed by atoms with Crippen LogP contribution < -0.4 is 15.8 Å². The van der Waals surface area contributed by atoms with Crippen LogP contribution in [0.5, 0.6) is 0 Å². The van der Waals surface area contributed by atoms with E-state index in [4.69, 9.17) is 5.73 Å². The zero-order chi connectivity index (χ0) is 19.6. The number of nitrogen functional groups attached to an aromatic ring is 1. The van der Waals surface area contributed by atoms with Crippen LogP contribution in [0.15, 0.2) is 10.5 Å². The van der Waals surface area contributed by atoms with Crippen LogP contribution in [0.2, 0.25) is 0 Å². The third kappa shape index (κ3) is 4.08. The van der Waals surface area contributed by atoms with Crippen molar-refractivity contribution in [1.29, 1.82) is 0 Å². The summed E-state index contributed by atoms with van der Waals surface area (Å²) in [5.41, 5.74) is 5.49. The molecule has 0 unspecified atom stereocenters. The number of imide groups is 1. The quantitative estimate of drug-likeness (QED) is 0.301. The van der Waals surface area contributed by atoms with E-state index >= 15 is 0 Å². The molecule has 1 saturated heterocycles. The smallest absolute Gasteiger partial charge is 0.338 e. The van der Waals surface area contributed by atoms with E-state index in [0.29, 0.717) is 4.90 Å². The number of likely N-dealkylation sites (tertiary alicyclic amines) is 1. The van der Waals surface area contributed by atoms with Gasteiger partial charge in [-0.25, -0.2) is 22.9 Å². The molecule has 0 saturated carbocycles. The van der Waals surface area contributed by atoms with E-state index in [1.807, 2.05) is 0 Å². The molecule has 1 aliphatic heterocycles. The van der Waals surface area contributed by atoms with Crippen molar-refractivity contribution in [3.63, 3.8) is 0 Å². The van der Waals surface area contributed by atoms with Crippen molar-refractivity contribution >= 4 is 50.0 Å². The van der Waals surface area contributed by atoms with Crippen molar-refractivity contribution in [2.24, 2.45) is 5.16 Å². The first kappa shape index (κ1) is 19.6. The number of nitrogens with zero attached hydrogens (tertiary/aromatic N) is 3. The van der Waals surface area contributed by atoms with E-state index in [-0.39, 0.29) is 16.5 Å². The Morgan fingerprint density at radius 2 is 2.12 bits per heavy atom. The lowest BCUT2D eigenvalue weighted by Crippen LogP contribution is -2.73. The maximum Gasteiger partial charge on any atom is 0.338 e. The predicted molar refractivity (Wildman–Crippen MR) is 91.7 cm³/mol. The summed E-state index contributed by atoms with van der Waals surface area (Å²) in [6, 6.07) is -2.89. The van der Waals surface area contributed by atoms with Gasteiger partial charge in [-0.1, -0.05) is 5.16 Å². The van der Waals surface area contributed by atoms with Crippen molar-refractivity contribution in [2.75, 3.05) is 19.1 Å². The van der Waals surface area contributed by atoms with Crippen LogP contribution in [0.1, 0.15) is 12.6 Å². The third-order valence-corrected chi connectivity index (χ3v) is 4.55. The molecule has 14 heteroatoms. The normalized spacial score (nSPS) is 20.3. The fraction of sp³-hybridized carbons (Fsp3) is 0.417. The number of oxime groups is 1. The first-order chi connectivity index (χ1) is 12.0. The lowest BCUT2D eigenvalue weighted by molar-refractivity contribution is -0.146. The van der Waals surface area contributed by atoms with Gasteiger partial charge in [0.1, 0.15) is 18.8 Å². The van der Waals surface area contributed by atoms with E-state index in [1.54, 1.807) is 4.72 Å². The number of hydrogen-bond acceptors (Lipinski definition) is 10. The molecule has 2 atom stereocenters. The van der Waals surface area contributed by atoms with Gasteiger partial charge in [0.2, 0.25) is 10.0 Å². The van der Waals surface area contributed by atoms with Crippen molar-refractivity contribution < 1.29 is 27.6 Å². The fourth-order valence-electron chi connectivity index (χ4n) is 2.20. The minimum Gasteiger partial charge on any atom is -0.398 e. The molecule has 1 fully saturated rings. The molecule has 4 N–H and O–H groups in total. The van der Waals surface area contributed by atoms with Gasteiger partial charge >= 0.3 is 6.03 Å². The first-order valence-corrected chi connectivity index (χ1v) is 9.80. The highest BCUT2D eigenvalue weighted by atomic mass is 32.2. The third-order valence-electron chi connectivity index (χ3n) is 3.33. The number of nitrogens with one attached hydrogen (secondary N) is 2.